The molecule has 4 aromatic rings. The number of benzene rings is 1. The van der Waals surface area contributed by atoms with Gasteiger partial charge in [-0.2, -0.15) is 0 Å². The van der Waals surface area contributed by atoms with E-state index in [2.05, 4.69) is 25.6 Å². The van der Waals surface area contributed by atoms with Crippen molar-refractivity contribution in [1.82, 2.24) is 25.2 Å². The summed E-state index contributed by atoms with van der Waals surface area (Å²) in [7, 11) is 0. The van der Waals surface area contributed by atoms with Crippen LogP contribution in [-0.4, -0.2) is 50.8 Å². The molecule has 1 aromatic carbocycles. The second-order valence-electron chi connectivity index (χ2n) is 8.22. The van der Waals surface area contributed by atoms with E-state index in [4.69, 9.17) is 0 Å². The zero-order valence-corrected chi connectivity index (χ0v) is 19.4. The van der Waals surface area contributed by atoms with Gasteiger partial charge in [0.25, 0.3) is 11.8 Å². The average molecular weight is 495 g/mol. The van der Waals surface area contributed by atoms with E-state index in [-0.39, 0.29) is 35.2 Å². The molecule has 2 amide bonds. The number of nitrogens with one attached hydrogen (secondary N) is 2. The van der Waals surface area contributed by atoms with E-state index in [0.29, 0.717) is 28.9 Å². The van der Waals surface area contributed by atoms with E-state index in [0.717, 1.165) is 6.20 Å². The summed E-state index contributed by atoms with van der Waals surface area (Å²) >= 11 is 1.37. The summed E-state index contributed by atoms with van der Waals surface area (Å²) in [5.74, 6) is -1.36. The Morgan fingerprint density at radius 2 is 1.94 bits per heavy atom. The van der Waals surface area contributed by atoms with E-state index in [1.807, 2.05) is 12.3 Å². The van der Waals surface area contributed by atoms with Gasteiger partial charge in [0.2, 0.25) is 5.95 Å². The van der Waals surface area contributed by atoms with Gasteiger partial charge in [-0.25, -0.2) is 18.7 Å². The third kappa shape index (κ3) is 4.80. The Labute approximate surface area is 203 Å². The lowest BCUT2D eigenvalue weighted by molar-refractivity contribution is 0.0539. The van der Waals surface area contributed by atoms with Crippen molar-refractivity contribution in [2.24, 2.45) is 0 Å². The van der Waals surface area contributed by atoms with E-state index in [1.165, 1.54) is 41.7 Å². The van der Waals surface area contributed by atoms with E-state index in [9.17, 15) is 18.4 Å². The summed E-state index contributed by atoms with van der Waals surface area (Å²) in [5.41, 5.74) is 1.72. The summed E-state index contributed by atoms with van der Waals surface area (Å²) in [4.78, 5) is 40.0. The molecule has 1 saturated heterocycles. The summed E-state index contributed by atoms with van der Waals surface area (Å²) in [6.45, 7) is 2.44. The van der Waals surface area contributed by atoms with Gasteiger partial charge in [-0.3, -0.25) is 14.6 Å². The average Bonchev–Trinajstić information content (AvgIpc) is 3.28. The fourth-order valence-electron chi connectivity index (χ4n) is 3.80. The van der Waals surface area contributed by atoms with Crippen molar-refractivity contribution in [1.29, 1.82) is 0 Å². The van der Waals surface area contributed by atoms with Crippen LogP contribution in [-0.2, 0) is 0 Å². The molecule has 0 bridgehead atoms. The van der Waals surface area contributed by atoms with E-state index >= 15 is 0 Å². The zero-order valence-electron chi connectivity index (χ0n) is 18.5. The molecule has 11 heteroatoms. The van der Waals surface area contributed by atoms with Crippen molar-refractivity contribution < 1.29 is 18.4 Å². The topological polar surface area (TPSA) is 100 Å². The Morgan fingerprint density at radius 3 is 2.71 bits per heavy atom. The van der Waals surface area contributed by atoms with Crippen LogP contribution in [0.2, 0.25) is 0 Å². The number of rotatable bonds is 6. The number of nitrogens with zero attached hydrogens (tertiary/aromatic N) is 4. The fourth-order valence-corrected chi connectivity index (χ4v) is 4.61. The highest BCUT2D eigenvalue weighted by Gasteiger charge is 2.34. The molecule has 0 saturated carbocycles. The Balaban J connectivity index is 1.28. The van der Waals surface area contributed by atoms with Gasteiger partial charge in [-0.1, -0.05) is 6.07 Å². The first-order chi connectivity index (χ1) is 16.9. The molecule has 1 aliphatic rings. The van der Waals surface area contributed by atoms with Gasteiger partial charge in [-0.15, -0.1) is 11.3 Å². The third-order valence-electron chi connectivity index (χ3n) is 5.67. The van der Waals surface area contributed by atoms with Crippen LogP contribution < -0.4 is 10.6 Å². The number of carbonyl (C=O) groups excluding carboxylic acids is 2. The highest BCUT2D eigenvalue weighted by atomic mass is 32.1. The van der Waals surface area contributed by atoms with Gasteiger partial charge in [0.15, 0.2) is 5.69 Å². The quantitative estimate of drug-likeness (QED) is 0.423. The molecule has 35 heavy (non-hydrogen) atoms. The summed E-state index contributed by atoms with van der Waals surface area (Å²) in [5, 5.41) is 7.75. The molecule has 3 aromatic heterocycles. The number of amides is 2. The number of aromatic nitrogens is 3. The fraction of sp³-hybridized carbons (Fsp3) is 0.208. The standard InChI is InChI=1S/C24H20F2N6O2S/c1-13(15-8-17(26)10-27-9-15)28-24-30-19-5-6-35-21(19)20(31-24)23(34)32-11-18(12-32)29-22(33)14-3-2-4-16(25)7-14/h2-10,13,18H,11-12H2,1H3,(H,29,33)(H,28,30,31). The van der Waals surface area contributed by atoms with E-state index in [1.54, 1.807) is 17.2 Å². The second kappa shape index (κ2) is 9.34. The van der Waals surface area contributed by atoms with Crippen LogP contribution >= 0.6 is 11.3 Å². The van der Waals surface area contributed by atoms with Crippen LogP contribution in [0.1, 0.15) is 39.4 Å². The molecule has 0 radical (unpaired) electrons. The molecule has 0 aliphatic carbocycles. The maximum Gasteiger partial charge on any atom is 0.274 e. The summed E-state index contributed by atoms with van der Waals surface area (Å²) < 4.78 is 27.6. The highest BCUT2D eigenvalue weighted by molar-refractivity contribution is 7.17. The van der Waals surface area contributed by atoms with Crippen LogP contribution in [0.15, 0.2) is 54.2 Å². The molecule has 4 heterocycles. The zero-order chi connectivity index (χ0) is 24.5. The van der Waals surface area contributed by atoms with Crippen molar-refractivity contribution in [2.45, 2.75) is 19.0 Å². The van der Waals surface area contributed by atoms with Crippen LogP contribution in [0, 0.1) is 11.6 Å². The normalized spacial score (nSPS) is 14.4. The predicted octanol–water partition coefficient (Wildman–Crippen LogP) is 3.79. The number of anilines is 1. The lowest BCUT2D eigenvalue weighted by atomic mass is 10.1. The minimum absolute atomic E-state index is 0.226. The van der Waals surface area contributed by atoms with Crippen LogP contribution in [0.3, 0.4) is 0 Å². The van der Waals surface area contributed by atoms with Gasteiger partial charge in [0, 0.05) is 24.8 Å². The minimum atomic E-state index is -0.487. The monoisotopic (exact) mass is 494 g/mol. The van der Waals surface area contributed by atoms with Gasteiger partial charge >= 0.3 is 0 Å². The number of likely N-dealkylation sites (tertiary alicyclic amines) is 1. The lowest BCUT2D eigenvalue weighted by Gasteiger charge is -2.39. The number of pyridine rings is 1. The molecule has 178 valence electrons. The van der Waals surface area contributed by atoms with Crippen molar-refractivity contribution in [3.63, 3.8) is 0 Å². The summed E-state index contributed by atoms with van der Waals surface area (Å²) in [6, 6.07) is 8.03. The SMILES string of the molecule is CC(Nc1nc(C(=O)N2CC(NC(=O)c3cccc(F)c3)C2)c2sccc2n1)c1cncc(F)c1. The number of hydrogen-bond acceptors (Lipinski definition) is 7. The maximum atomic E-state index is 13.5. The number of carbonyl (C=O) groups is 2. The Hall–Kier alpha value is -3.99. The molecular formula is C24H20F2N6O2S. The lowest BCUT2D eigenvalue weighted by Crippen LogP contribution is -2.61. The second-order valence-corrected chi connectivity index (χ2v) is 9.14. The van der Waals surface area contributed by atoms with Gasteiger partial charge in [-0.05, 0) is 48.2 Å². The number of thiophene rings is 1. The molecule has 1 aliphatic heterocycles. The largest absolute Gasteiger partial charge is 0.348 e. The predicted molar refractivity (Wildman–Crippen MR) is 127 cm³/mol. The molecule has 1 fully saturated rings. The molecule has 8 nitrogen and oxygen atoms in total. The molecule has 5 rings (SSSR count). The molecule has 1 unspecified atom stereocenters. The maximum absolute atomic E-state index is 13.5. The van der Waals surface area contributed by atoms with Crippen molar-refractivity contribution in [2.75, 3.05) is 18.4 Å². The van der Waals surface area contributed by atoms with Crippen molar-refractivity contribution >= 4 is 39.3 Å². The third-order valence-corrected chi connectivity index (χ3v) is 6.58. The first-order valence-electron chi connectivity index (χ1n) is 10.9. The van der Waals surface area contributed by atoms with Crippen LogP contribution in [0.25, 0.3) is 10.2 Å². The van der Waals surface area contributed by atoms with Crippen molar-refractivity contribution in [3.05, 3.63) is 82.6 Å². The first kappa shape index (κ1) is 22.8. The first-order valence-corrected chi connectivity index (χ1v) is 11.7. The van der Waals surface area contributed by atoms with Gasteiger partial charge < -0.3 is 15.5 Å². The molecule has 1 atom stereocenters. The Bertz CT molecular complexity index is 1420. The van der Waals surface area contributed by atoms with Crippen LogP contribution in [0.5, 0.6) is 0 Å². The Kier molecular flexibility index (Phi) is 6.08. The molecular weight excluding hydrogens is 474 g/mol. The van der Waals surface area contributed by atoms with Gasteiger partial charge in [0.1, 0.15) is 11.6 Å². The number of hydrogen-bond donors (Lipinski definition) is 2. The van der Waals surface area contributed by atoms with Gasteiger partial charge in [0.05, 0.1) is 28.5 Å². The summed E-state index contributed by atoms with van der Waals surface area (Å²) in [6.07, 6.45) is 2.68. The molecule has 2 N–H and O–H groups in total. The highest BCUT2D eigenvalue weighted by Crippen LogP contribution is 2.27. The van der Waals surface area contributed by atoms with Crippen molar-refractivity contribution in [3.8, 4) is 0 Å². The Morgan fingerprint density at radius 1 is 1.11 bits per heavy atom. The van der Waals surface area contributed by atoms with Crippen LogP contribution in [0.4, 0.5) is 14.7 Å². The van der Waals surface area contributed by atoms with E-state index < -0.39 is 17.5 Å². The minimum Gasteiger partial charge on any atom is -0.348 e. The number of fused-ring (bicyclic) bond motifs is 1. The molecule has 0 spiro atoms. The smallest absolute Gasteiger partial charge is 0.274 e. The number of halogens is 2.